The quantitative estimate of drug-likeness (QED) is 0.676. The number of ether oxygens (including phenoxy) is 2. The fourth-order valence-electron chi connectivity index (χ4n) is 4.91. The number of benzene rings is 2. The third kappa shape index (κ3) is 4.25. The standard InChI is InChI=1S/C26H30N2O6/c1-25(2,22(29)28-14-12-26(33-3,13-15-28)23(30)31)27-24(32)34-16-21-19-10-6-4-8-17(19)18-9-5-7-11-20(18)21/h4-11,21H,12-16H2,1-3H3,(H,27,32)(H,30,31). The van der Waals surface area contributed by atoms with Crippen LogP contribution in [0.1, 0.15) is 43.7 Å². The van der Waals surface area contributed by atoms with Crippen LogP contribution in [0.4, 0.5) is 4.79 Å². The number of aliphatic carboxylic acids is 1. The molecule has 2 amide bonds. The molecule has 0 spiro atoms. The van der Waals surface area contributed by atoms with Gasteiger partial charge in [-0.1, -0.05) is 48.5 Å². The van der Waals surface area contributed by atoms with Crippen LogP contribution in [0.3, 0.4) is 0 Å². The van der Waals surface area contributed by atoms with Crippen molar-refractivity contribution in [2.75, 3.05) is 26.8 Å². The Kier molecular flexibility index (Phi) is 6.36. The summed E-state index contributed by atoms with van der Waals surface area (Å²) in [4.78, 5) is 38.9. The van der Waals surface area contributed by atoms with Crippen molar-refractivity contribution < 1.29 is 29.0 Å². The van der Waals surface area contributed by atoms with E-state index in [1.165, 1.54) is 7.11 Å². The number of carboxylic acids is 1. The van der Waals surface area contributed by atoms with Crippen molar-refractivity contribution in [3.05, 3.63) is 59.7 Å². The minimum Gasteiger partial charge on any atom is -0.479 e. The number of hydrogen-bond acceptors (Lipinski definition) is 5. The Bertz CT molecular complexity index is 1060. The number of carboxylic acid groups (broad SMARTS) is 1. The molecule has 0 aromatic heterocycles. The van der Waals surface area contributed by atoms with Gasteiger partial charge in [-0.25, -0.2) is 9.59 Å². The van der Waals surface area contributed by atoms with Crippen LogP contribution < -0.4 is 5.32 Å². The zero-order valence-electron chi connectivity index (χ0n) is 19.7. The number of carbonyl (C=O) groups excluding carboxylic acids is 2. The molecule has 8 heteroatoms. The van der Waals surface area contributed by atoms with Gasteiger partial charge in [0, 0.05) is 39.0 Å². The monoisotopic (exact) mass is 466 g/mol. The van der Waals surface area contributed by atoms with Gasteiger partial charge in [0.15, 0.2) is 5.60 Å². The van der Waals surface area contributed by atoms with Crippen molar-refractivity contribution in [1.29, 1.82) is 0 Å². The molecule has 2 N–H and O–H groups in total. The molecular weight excluding hydrogens is 436 g/mol. The molecule has 1 fully saturated rings. The highest BCUT2D eigenvalue weighted by Gasteiger charge is 2.45. The maximum Gasteiger partial charge on any atom is 0.408 e. The van der Waals surface area contributed by atoms with E-state index in [9.17, 15) is 19.5 Å². The zero-order chi connectivity index (χ0) is 24.5. The van der Waals surface area contributed by atoms with E-state index in [-0.39, 0.29) is 44.4 Å². The average Bonchev–Trinajstić information content (AvgIpc) is 3.15. The number of carbonyl (C=O) groups is 3. The first-order valence-electron chi connectivity index (χ1n) is 11.4. The molecule has 0 atom stereocenters. The molecule has 1 aliphatic carbocycles. The van der Waals surface area contributed by atoms with Crippen LogP contribution in [0.2, 0.25) is 0 Å². The number of hydrogen-bond donors (Lipinski definition) is 2. The van der Waals surface area contributed by atoms with Crippen molar-refractivity contribution in [2.24, 2.45) is 0 Å². The molecule has 8 nitrogen and oxygen atoms in total. The summed E-state index contributed by atoms with van der Waals surface area (Å²) in [6.07, 6.45) is -0.300. The van der Waals surface area contributed by atoms with Crippen LogP contribution in [0, 0.1) is 0 Å². The number of rotatable bonds is 6. The van der Waals surface area contributed by atoms with E-state index in [1.54, 1.807) is 18.7 Å². The minimum atomic E-state index is -1.28. The molecule has 0 radical (unpaired) electrons. The summed E-state index contributed by atoms with van der Waals surface area (Å²) in [7, 11) is 1.37. The molecule has 1 aliphatic heterocycles. The molecule has 1 heterocycles. The summed E-state index contributed by atoms with van der Waals surface area (Å²) in [6, 6.07) is 16.2. The van der Waals surface area contributed by atoms with E-state index in [0.29, 0.717) is 0 Å². The maximum atomic E-state index is 13.1. The number of amides is 2. The zero-order valence-corrected chi connectivity index (χ0v) is 19.7. The number of nitrogens with one attached hydrogen (secondary N) is 1. The Balaban J connectivity index is 1.37. The Morgan fingerprint density at radius 3 is 2.06 bits per heavy atom. The highest BCUT2D eigenvalue weighted by atomic mass is 16.5. The first kappa shape index (κ1) is 23.8. The van der Waals surface area contributed by atoms with Gasteiger partial charge in [0.05, 0.1) is 0 Å². The van der Waals surface area contributed by atoms with Crippen LogP contribution >= 0.6 is 0 Å². The lowest BCUT2D eigenvalue weighted by molar-refractivity contribution is -0.170. The third-order valence-electron chi connectivity index (χ3n) is 6.93. The summed E-state index contributed by atoms with van der Waals surface area (Å²) in [5.41, 5.74) is 2.02. The molecule has 0 bridgehead atoms. The van der Waals surface area contributed by atoms with Gasteiger partial charge in [0.1, 0.15) is 12.1 Å². The van der Waals surface area contributed by atoms with E-state index in [0.717, 1.165) is 22.3 Å². The molecular formula is C26H30N2O6. The summed E-state index contributed by atoms with van der Waals surface area (Å²) < 4.78 is 10.8. The number of fused-ring (bicyclic) bond motifs is 3. The molecule has 2 aromatic rings. The summed E-state index contributed by atoms with van der Waals surface area (Å²) in [5, 5.41) is 12.1. The van der Waals surface area contributed by atoms with Crippen LogP contribution in [0.15, 0.2) is 48.5 Å². The average molecular weight is 467 g/mol. The predicted molar refractivity (Wildman–Crippen MR) is 125 cm³/mol. The minimum absolute atomic E-state index is 0.0720. The van der Waals surface area contributed by atoms with E-state index in [4.69, 9.17) is 9.47 Å². The van der Waals surface area contributed by atoms with E-state index < -0.39 is 23.2 Å². The van der Waals surface area contributed by atoms with Crippen LogP contribution in [-0.2, 0) is 19.1 Å². The Labute approximate surface area is 198 Å². The van der Waals surface area contributed by atoms with Gasteiger partial charge in [-0.15, -0.1) is 0 Å². The van der Waals surface area contributed by atoms with Crippen LogP contribution in [0.25, 0.3) is 11.1 Å². The van der Waals surface area contributed by atoms with Gasteiger partial charge < -0.3 is 24.8 Å². The highest BCUT2D eigenvalue weighted by molar-refractivity contribution is 5.89. The number of likely N-dealkylation sites (tertiary alicyclic amines) is 1. The SMILES string of the molecule is COC1(C(=O)O)CCN(C(=O)C(C)(C)NC(=O)OCC2c3ccccc3-c3ccccc32)CC1. The number of methoxy groups -OCH3 is 1. The summed E-state index contributed by atoms with van der Waals surface area (Å²) in [6.45, 7) is 3.85. The molecule has 0 saturated carbocycles. The first-order chi connectivity index (χ1) is 16.2. The third-order valence-corrected chi connectivity index (χ3v) is 6.93. The molecule has 4 rings (SSSR count). The molecule has 34 heavy (non-hydrogen) atoms. The lowest BCUT2D eigenvalue weighted by Crippen LogP contribution is -2.60. The van der Waals surface area contributed by atoms with Gasteiger partial charge in [0.2, 0.25) is 5.91 Å². The number of alkyl carbamates (subject to hydrolysis) is 1. The summed E-state index contributed by atoms with van der Waals surface area (Å²) >= 11 is 0. The highest BCUT2D eigenvalue weighted by Crippen LogP contribution is 2.44. The van der Waals surface area contributed by atoms with E-state index in [1.807, 2.05) is 36.4 Å². The number of piperidine rings is 1. The normalized spacial score (nSPS) is 17.0. The molecule has 180 valence electrons. The maximum absolute atomic E-state index is 13.1. The van der Waals surface area contributed by atoms with Crippen LogP contribution in [0.5, 0.6) is 0 Å². The molecule has 1 saturated heterocycles. The molecule has 2 aliphatic rings. The molecule has 0 unspecified atom stereocenters. The Morgan fingerprint density at radius 1 is 1.03 bits per heavy atom. The van der Waals surface area contributed by atoms with Crippen molar-refractivity contribution in [3.63, 3.8) is 0 Å². The van der Waals surface area contributed by atoms with Crippen LogP contribution in [-0.4, -0.2) is 65.9 Å². The van der Waals surface area contributed by atoms with Crippen molar-refractivity contribution in [2.45, 2.75) is 43.7 Å². The summed E-state index contributed by atoms with van der Waals surface area (Å²) in [5.74, 6) is -1.40. The van der Waals surface area contributed by atoms with Crippen molar-refractivity contribution in [1.82, 2.24) is 10.2 Å². The van der Waals surface area contributed by atoms with E-state index in [2.05, 4.69) is 17.4 Å². The van der Waals surface area contributed by atoms with Gasteiger partial charge in [-0.2, -0.15) is 0 Å². The fraction of sp³-hybridized carbons (Fsp3) is 0.423. The second-order valence-electron chi connectivity index (χ2n) is 9.37. The lowest BCUT2D eigenvalue weighted by Gasteiger charge is -2.40. The van der Waals surface area contributed by atoms with Gasteiger partial charge in [0.25, 0.3) is 0 Å². The second kappa shape index (κ2) is 9.10. The van der Waals surface area contributed by atoms with Crippen molar-refractivity contribution in [3.8, 4) is 11.1 Å². The Hall–Kier alpha value is -3.39. The Morgan fingerprint density at radius 2 is 1.56 bits per heavy atom. The number of nitrogens with zero attached hydrogens (tertiary/aromatic N) is 1. The lowest BCUT2D eigenvalue weighted by atomic mass is 9.90. The first-order valence-corrected chi connectivity index (χ1v) is 11.4. The largest absolute Gasteiger partial charge is 0.479 e. The second-order valence-corrected chi connectivity index (χ2v) is 9.37. The molecule has 2 aromatic carbocycles. The van der Waals surface area contributed by atoms with Gasteiger partial charge in [-0.05, 0) is 36.1 Å². The van der Waals surface area contributed by atoms with E-state index >= 15 is 0 Å². The predicted octanol–water partition coefficient (Wildman–Crippen LogP) is 3.40. The fourth-order valence-corrected chi connectivity index (χ4v) is 4.91. The van der Waals surface area contributed by atoms with Gasteiger partial charge >= 0.3 is 12.1 Å². The van der Waals surface area contributed by atoms with Gasteiger partial charge in [-0.3, -0.25) is 4.79 Å². The topological polar surface area (TPSA) is 105 Å². The smallest absolute Gasteiger partial charge is 0.408 e. The van der Waals surface area contributed by atoms with Crippen molar-refractivity contribution >= 4 is 18.0 Å².